The molecule has 0 aromatic heterocycles. The molecule has 0 aliphatic carbocycles. The molecule has 1 aromatic rings. The van der Waals surface area contributed by atoms with Crippen LogP contribution < -0.4 is 5.32 Å². The number of unbranched alkanes of at least 4 members (excludes halogenated alkanes) is 4. The average molecular weight is 428 g/mol. The highest BCUT2D eigenvalue weighted by molar-refractivity contribution is 5.74. The molecule has 0 saturated carbocycles. The smallest absolute Gasteiger partial charge is 0.321 e. The highest BCUT2D eigenvalue weighted by atomic mass is 16.4. The van der Waals surface area contributed by atoms with E-state index in [0.29, 0.717) is 6.42 Å². The maximum absolute atomic E-state index is 11.6. The van der Waals surface area contributed by atoms with Crippen molar-refractivity contribution in [2.75, 3.05) is 0 Å². The third-order valence-electron chi connectivity index (χ3n) is 5.20. The van der Waals surface area contributed by atoms with Crippen molar-refractivity contribution in [3.63, 3.8) is 0 Å². The first-order valence-corrected chi connectivity index (χ1v) is 11.7. The van der Waals surface area contributed by atoms with Gasteiger partial charge < -0.3 is 15.5 Å². The maximum atomic E-state index is 11.6. The van der Waals surface area contributed by atoms with E-state index in [-0.39, 0.29) is 11.8 Å². The second-order valence-electron chi connectivity index (χ2n) is 8.11. The van der Waals surface area contributed by atoms with Gasteiger partial charge in [0.2, 0.25) is 0 Å². The zero-order valence-corrected chi connectivity index (χ0v) is 19.3. The Bertz CT molecular complexity index is 676. The van der Waals surface area contributed by atoms with E-state index in [4.69, 9.17) is 0 Å². The Morgan fingerprint density at radius 2 is 1.55 bits per heavy atom. The zero-order chi connectivity index (χ0) is 22.7. The van der Waals surface area contributed by atoms with Gasteiger partial charge in [-0.1, -0.05) is 74.8 Å². The molecule has 172 valence electrons. The van der Waals surface area contributed by atoms with Crippen LogP contribution in [0.4, 0.5) is 0 Å². The fraction of sp³-hybridized carbons (Fsp3) is 0.519. The standard InChI is InChI=1S/C27H41NO3/c1-3-4-5-6-7-8-9-10-11-12-13-14-15-16-17-23(2)28-26(27(30)31)22-24-18-20-25(29)21-19-24/h4-5,7-8,10-11,18-21,23,26,28-29H,3,6,9,12-17,22H2,1-2H3,(H,30,31)/t23?,26-/m0/s1. The minimum Gasteiger partial charge on any atom is -0.508 e. The molecule has 0 aliphatic heterocycles. The van der Waals surface area contributed by atoms with E-state index in [1.165, 1.54) is 19.3 Å². The van der Waals surface area contributed by atoms with E-state index in [2.05, 4.69) is 55.6 Å². The van der Waals surface area contributed by atoms with E-state index in [9.17, 15) is 15.0 Å². The number of carboxylic acid groups (broad SMARTS) is 1. The molecule has 1 unspecified atom stereocenters. The minimum absolute atomic E-state index is 0.164. The van der Waals surface area contributed by atoms with Crippen molar-refractivity contribution in [2.24, 2.45) is 0 Å². The molecule has 0 spiro atoms. The predicted molar refractivity (Wildman–Crippen MR) is 130 cm³/mol. The lowest BCUT2D eigenvalue weighted by molar-refractivity contribution is -0.139. The number of nitrogens with one attached hydrogen (secondary N) is 1. The van der Waals surface area contributed by atoms with Crippen molar-refractivity contribution in [2.45, 2.75) is 90.1 Å². The molecule has 3 N–H and O–H groups in total. The summed E-state index contributed by atoms with van der Waals surface area (Å²) in [6, 6.07) is 6.28. The van der Waals surface area contributed by atoms with E-state index in [0.717, 1.165) is 44.1 Å². The van der Waals surface area contributed by atoms with Crippen molar-refractivity contribution >= 4 is 5.97 Å². The Morgan fingerprint density at radius 3 is 2.19 bits per heavy atom. The second kappa shape index (κ2) is 17.4. The van der Waals surface area contributed by atoms with Gasteiger partial charge >= 0.3 is 5.97 Å². The summed E-state index contributed by atoms with van der Waals surface area (Å²) in [6.07, 6.45) is 23.7. The number of phenolic OH excluding ortho intramolecular Hbond substituents is 1. The van der Waals surface area contributed by atoms with Gasteiger partial charge in [0, 0.05) is 6.04 Å². The summed E-state index contributed by atoms with van der Waals surface area (Å²) in [5, 5.41) is 22.1. The molecule has 0 bridgehead atoms. The number of aromatic hydroxyl groups is 1. The van der Waals surface area contributed by atoms with Gasteiger partial charge in [0.1, 0.15) is 11.8 Å². The van der Waals surface area contributed by atoms with Crippen molar-refractivity contribution in [1.29, 1.82) is 0 Å². The third kappa shape index (κ3) is 14.3. The van der Waals surface area contributed by atoms with Crippen molar-refractivity contribution in [1.82, 2.24) is 5.32 Å². The van der Waals surface area contributed by atoms with Crippen molar-refractivity contribution in [3.05, 3.63) is 66.3 Å². The first-order chi connectivity index (χ1) is 15.0. The molecule has 0 aliphatic rings. The molecule has 0 amide bonds. The number of hydrogen-bond donors (Lipinski definition) is 3. The molecule has 31 heavy (non-hydrogen) atoms. The number of rotatable bonds is 17. The number of carboxylic acids is 1. The highest BCUT2D eigenvalue weighted by Gasteiger charge is 2.19. The second-order valence-corrected chi connectivity index (χ2v) is 8.11. The van der Waals surface area contributed by atoms with Crippen LogP contribution in [0.15, 0.2) is 60.7 Å². The topological polar surface area (TPSA) is 69.6 Å². The van der Waals surface area contributed by atoms with E-state index >= 15 is 0 Å². The Hall–Kier alpha value is -2.33. The van der Waals surface area contributed by atoms with Crippen LogP contribution >= 0.6 is 0 Å². The quantitative estimate of drug-likeness (QED) is 0.194. The molecule has 0 radical (unpaired) electrons. The summed E-state index contributed by atoms with van der Waals surface area (Å²) in [5.41, 5.74) is 0.904. The normalized spacial score (nSPS) is 14.0. The molecular formula is C27H41NO3. The monoisotopic (exact) mass is 427 g/mol. The fourth-order valence-electron chi connectivity index (χ4n) is 3.40. The van der Waals surface area contributed by atoms with Crippen molar-refractivity contribution < 1.29 is 15.0 Å². The minimum atomic E-state index is -0.834. The number of phenols is 1. The van der Waals surface area contributed by atoms with Crippen LogP contribution in [0.5, 0.6) is 5.75 Å². The lowest BCUT2D eigenvalue weighted by atomic mass is 10.0. The molecule has 4 nitrogen and oxygen atoms in total. The summed E-state index contributed by atoms with van der Waals surface area (Å²) in [4.78, 5) is 11.6. The van der Waals surface area contributed by atoms with Crippen LogP contribution in [0.25, 0.3) is 0 Å². The van der Waals surface area contributed by atoms with Gasteiger partial charge in [0.15, 0.2) is 0 Å². The largest absolute Gasteiger partial charge is 0.508 e. The number of allylic oxidation sites excluding steroid dienone is 6. The van der Waals surface area contributed by atoms with E-state index < -0.39 is 12.0 Å². The molecule has 4 heteroatoms. The number of benzene rings is 1. The third-order valence-corrected chi connectivity index (χ3v) is 5.20. The first kappa shape index (κ1) is 26.7. The van der Waals surface area contributed by atoms with Gasteiger partial charge in [-0.05, 0) is 69.6 Å². The zero-order valence-electron chi connectivity index (χ0n) is 19.3. The molecular weight excluding hydrogens is 386 g/mol. The Morgan fingerprint density at radius 1 is 0.935 bits per heavy atom. The van der Waals surface area contributed by atoms with Crippen LogP contribution in [-0.2, 0) is 11.2 Å². The van der Waals surface area contributed by atoms with Crippen LogP contribution in [0.2, 0.25) is 0 Å². The number of hydrogen-bond acceptors (Lipinski definition) is 3. The van der Waals surface area contributed by atoms with Gasteiger partial charge in [0.25, 0.3) is 0 Å². The van der Waals surface area contributed by atoms with Gasteiger partial charge in [-0.15, -0.1) is 0 Å². The lowest BCUT2D eigenvalue weighted by Crippen LogP contribution is -2.43. The maximum Gasteiger partial charge on any atom is 0.321 e. The highest BCUT2D eigenvalue weighted by Crippen LogP contribution is 2.13. The Labute approximate surface area is 188 Å². The summed E-state index contributed by atoms with van der Waals surface area (Å²) < 4.78 is 0. The lowest BCUT2D eigenvalue weighted by Gasteiger charge is -2.20. The summed E-state index contributed by atoms with van der Waals surface area (Å²) in [6.45, 7) is 4.21. The summed E-state index contributed by atoms with van der Waals surface area (Å²) in [7, 11) is 0. The van der Waals surface area contributed by atoms with Gasteiger partial charge in [0.05, 0.1) is 0 Å². The fourth-order valence-corrected chi connectivity index (χ4v) is 3.40. The predicted octanol–water partition coefficient (Wildman–Crippen LogP) is 6.57. The summed E-state index contributed by atoms with van der Waals surface area (Å²) in [5.74, 6) is -0.640. The Kier molecular flexibility index (Phi) is 15.0. The van der Waals surface area contributed by atoms with E-state index in [1.807, 2.05) is 0 Å². The van der Waals surface area contributed by atoms with Crippen molar-refractivity contribution in [3.8, 4) is 5.75 Å². The van der Waals surface area contributed by atoms with Gasteiger partial charge in [-0.2, -0.15) is 0 Å². The molecule has 0 fully saturated rings. The van der Waals surface area contributed by atoms with Gasteiger partial charge in [-0.3, -0.25) is 4.79 Å². The number of carbonyl (C=O) groups is 1. The average Bonchev–Trinajstić information content (AvgIpc) is 2.75. The van der Waals surface area contributed by atoms with Crippen LogP contribution in [0.3, 0.4) is 0 Å². The SMILES string of the molecule is CCC=CCC=CCC=CCCCCCCC(C)N[C@@H](Cc1ccc(O)cc1)C(=O)O. The molecule has 2 atom stereocenters. The van der Waals surface area contributed by atoms with E-state index in [1.54, 1.807) is 24.3 Å². The van der Waals surface area contributed by atoms with Gasteiger partial charge in [-0.25, -0.2) is 0 Å². The van der Waals surface area contributed by atoms with Crippen LogP contribution in [0, 0.1) is 0 Å². The van der Waals surface area contributed by atoms with Crippen LogP contribution in [0.1, 0.15) is 77.2 Å². The summed E-state index contributed by atoms with van der Waals surface area (Å²) >= 11 is 0. The van der Waals surface area contributed by atoms with Crippen LogP contribution in [-0.4, -0.2) is 28.3 Å². The molecule has 0 heterocycles. The first-order valence-electron chi connectivity index (χ1n) is 11.7. The number of aliphatic carboxylic acids is 1. The molecule has 1 rings (SSSR count). The molecule has 0 saturated heterocycles. The molecule has 1 aromatic carbocycles. The Balaban J connectivity index is 2.11.